The highest BCUT2D eigenvalue weighted by Gasteiger charge is 2.33. The maximum Gasteiger partial charge on any atom is 0.259 e. The summed E-state index contributed by atoms with van der Waals surface area (Å²) in [5, 5.41) is 4.74. The number of hydrogen-bond donors (Lipinski definition) is 0. The fourth-order valence-corrected chi connectivity index (χ4v) is 4.59. The van der Waals surface area contributed by atoms with Crippen molar-refractivity contribution in [3.8, 4) is 22.8 Å². The van der Waals surface area contributed by atoms with Crippen LogP contribution in [0.25, 0.3) is 22.4 Å². The number of nitrogens with zero attached hydrogens (tertiary/aromatic N) is 3. The molecule has 1 saturated heterocycles. The molecule has 5 rings (SSSR count). The molecule has 3 heterocycles. The van der Waals surface area contributed by atoms with E-state index in [0.717, 1.165) is 24.0 Å². The molecule has 2 aromatic carbocycles. The summed E-state index contributed by atoms with van der Waals surface area (Å²) in [6.07, 6.45) is 1.80. The summed E-state index contributed by atoms with van der Waals surface area (Å²) in [6.45, 7) is 2.51. The van der Waals surface area contributed by atoms with Gasteiger partial charge in [0.05, 0.1) is 42.6 Å². The van der Waals surface area contributed by atoms with Crippen molar-refractivity contribution in [3.63, 3.8) is 0 Å². The lowest BCUT2D eigenvalue weighted by atomic mass is 10.0. The van der Waals surface area contributed by atoms with Gasteiger partial charge in [0.2, 0.25) is 0 Å². The molecule has 1 amide bonds. The van der Waals surface area contributed by atoms with Gasteiger partial charge in [-0.3, -0.25) is 4.79 Å². The number of carbonyl (C=O) groups excluding carboxylic acids is 1. The predicted molar refractivity (Wildman–Crippen MR) is 125 cm³/mol. The van der Waals surface area contributed by atoms with Crippen molar-refractivity contribution in [2.45, 2.75) is 25.8 Å². The molecule has 0 spiro atoms. The number of aryl methyl sites for hydroxylation is 1. The quantitative estimate of drug-likeness (QED) is 0.422. The first-order valence-corrected chi connectivity index (χ1v) is 11.0. The van der Waals surface area contributed by atoms with Crippen LogP contribution in [-0.2, 0) is 0 Å². The molecule has 7 nitrogen and oxygen atoms in total. The summed E-state index contributed by atoms with van der Waals surface area (Å²) in [5.41, 5.74) is 4.21. The van der Waals surface area contributed by atoms with E-state index in [1.807, 2.05) is 66.4 Å². The number of benzene rings is 2. The molecule has 1 fully saturated rings. The molecule has 0 radical (unpaired) electrons. The first kappa shape index (κ1) is 21.0. The molecular formula is C26H25N3O4. The van der Waals surface area contributed by atoms with Crippen LogP contribution in [0.5, 0.6) is 11.5 Å². The largest absolute Gasteiger partial charge is 0.493 e. The van der Waals surface area contributed by atoms with Crippen LogP contribution in [0.15, 0.2) is 59.1 Å². The van der Waals surface area contributed by atoms with Gasteiger partial charge in [-0.15, -0.1) is 0 Å². The maximum absolute atomic E-state index is 13.9. The highest BCUT2D eigenvalue weighted by molar-refractivity contribution is 6.07. The second-order valence-corrected chi connectivity index (χ2v) is 8.14. The minimum Gasteiger partial charge on any atom is -0.493 e. The van der Waals surface area contributed by atoms with E-state index in [2.05, 4.69) is 10.1 Å². The van der Waals surface area contributed by atoms with Crippen molar-refractivity contribution in [2.24, 2.45) is 0 Å². The molecule has 0 bridgehead atoms. The van der Waals surface area contributed by atoms with Gasteiger partial charge in [-0.2, -0.15) is 0 Å². The van der Waals surface area contributed by atoms with Gasteiger partial charge in [-0.25, -0.2) is 4.98 Å². The number of amides is 1. The molecule has 0 N–H and O–H groups in total. The van der Waals surface area contributed by atoms with Gasteiger partial charge < -0.3 is 18.9 Å². The molecular weight excluding hydrogens is 418 g/mol. The summed E-state index contributed by atoms with van der Waals surface area (Å²) in [4.78, 5) is 20.5. The summed E-state index contributed by atoms with van der Waals surface area (Å²) >= 11 is 0. The van der Waals surface area contributed by atoms with Crippen LogP contribution in [0.3, 0.4) is 0 Å². The Labute approximate surface area is 191 Å². The van der Waals surface area contributed by atoms with E-state index >= 15 is 0 Å². The summed E-state index contributed by atoms with van der Waals surface area (Å²) < 4.78 is 16.3. The standard InChI is InChI=1S/C26H25N3O4/c1-16-24-19(15-20(27-25(24)33-28-16)17-8-5-4-6-9-17)26(30)29-13-7-10-21(29)18-11-12-22(31-2)23(14-18)32-3/h4-6,8-9,11-12,14-15,21H,7,10,13H2,1-3H3/t21-/m0/s1. The van der Waals surface area contributed by atoms with E-state index in [0.29, 0.717) is 46.1 Å². The summed E-state index contributed by atoms with van der Waals surface area (Å²) in [7, 11) is 3.23. The number of methoxy groups -OCH3 is 2. The van der Waals surface area contributed by atoms with Gasteiger partial charge >= 0.3 is 0 Å². The molecule has 7 heteroatoms. The minimum absolute atomic E-state index is 0.0526. The van der Waals surface area contributed by atoms with Gasteiger partial charge in [0.15, 0.2) is 11.5 Å². The van der Waals surface area contributed by atoms with E-state index in [9.17, 15) is 4.79 Å². The third-order valence-corrected chi connectivity index (χ3v) is 6.22. The number of fused-ring (bicyclic) bond motifs is 1. The second kappa shape index (κ2) is 8.58. The maximum atomic E-state index is 13.9. The summed E-state index contributed by atoms with van der Waals surface area (Å²) in [5.74, 6) is 1.27. The number of pyridine rings is 1. The van der Waals surface area contributed by atoms with Crippen molar-refractivity contribution in [1.82, 2.24) is 15.0 Å². The molecule has 0 unspecified atom stereocenters. The van der Waals surface area contributed by atoms with Crippen LogP contribution < -0.4 is 9.47 Å². The lowest BCUT2D eigenvalue weighted by Gasteiger charge is -2.26. The smallest absolute Gasteiger partial charge is 0.259 e. The first-order chi connectivity index (χ1) is 16.1. The molecule has 1 aliphatic heterocycles. The molecule has 0 aliphatic carbocycles. The molecule has 4 aromatic rings. The fourth-order valence-electron chi connectivity index (χ4n) is 4.59. The zero-order valence-electron chi connectivity index (χ0n) is 18.9. The molecule has 168 valence electrons. The van der Waals surface area contributed by atoms with Gasteiger partial charge in [0, 0.05) is 12.1 Å². The SMILES string of the molecule is COc1ccc([C@@H]2CCCN2C(=O)c2cc(-c3ccccc3)nc3onc(C)c23)cc1OC. The van der Waals surface area contributed by atoms with Crippen LogP contribution in [0.2, 0.25) is 0 Å². The van der Waals surface area contributed by atoms with Crippen molar-refractivity contribution >= 4 is 17.0 Å². The Morgan fingerprint density at radius 3 is 2.61 bits per heavy atom. The predicted octanol–water partition coefficient (Wildman–Crippen LogP) is 5.19. The third kappa shape index (κ3) is 3.69. The van der Waals surface area contributed by atoms with Crippen LogP contribution in [0.4, 0.5) is 0 Å². The Balaban J connectivity index is 1.57. The molecule has 2 aromatic heterocycles. The van der Waals surface area contributed by atoms with Gasteiger partial charge in [-0.05, 0) is 43.5 Å². The van der Waals surface area contributed by atoms with Gasteiger partial charge in [0.25, 0.3) is 11.6 Å². The lowest BCUT2D eigenvalue weighted by molar-refractivity contribution is 0.0737. The minimum atomic E-state index is -0.0548. The zero-order valence-corrected chi connectivity index (χ0v) is 18.9. The lowest BCUT2D eigenvalue weighted by Crippen LogP contribution is -2.31. The average molecular weight is 444 g/mol. The number of rotatable bonds is 5. The van der Waals surface area contributed by atoms with Crippen molar-refractivity contribution in [3.05, 3.63) is 71.4 Å². The highest BCUT2D eigenvalue weighted by atomic mass is 16.5. The van der Waals surface area contributed by atoms with Crippen LogP contribution in [-0.4, -0.2) is 41.7 Å². The number of hydrogen-bond acceptors (Lipinski definition) is 6. The van der Waals surface area contributed by atoms with Crippen LogP contribution in [0, 0.1) is 6.92 Å². The number of aromatic nitrogens is 2. The Morgan fingerprint density at radius 1 is 1.06 bits per heavy atom. The second-order valence-electron chi connectivity index (χ2n) is 8.14. The van der Waals surface area contributed by atoms with Crippen molar-refractivity contribution < 1.29 is 18.8 Å². The van der Waals surface area contributed by atoms with Crippen molar-refractivity contribution in [2.75, 3.05) is 20.8 Å². The number of ether oxygens (including phenoxy) is 2. The molecule has 33 heavy (non-hydrogen) atoms. The van der Waals surface area contributed by atoms with E-state index < -0.39 is 0 Å². The molecule has 1 atom stereocenters. The van der Waals surface area contributed by atoms with Crippen LogP contribution >= 0.6 is 0 Å². The monoisotopic (exact) mass is 443 g/mol. The van der Waals surface area contributed by atoms with E-state index in [4.69, 9.17) is 14.0 Å². The highest BCUT2D eigenvalue weighted by Crippen LogP contribution is 2.38. The van der Waals surface area contributed by atoms with E-state index in [-0.39, 0.29) is 11.9 Å². The number of likely N-dealkylation sites (tertiary alicyclic amines) is 1. The number of carbonyl (C=O) groups is 1. The zero-order chi connectivity index (χ0) is 22.9. The van der Waals surface area contributed by atoms with Crippen molar-refractivity contribution in [1.29, 1.82) is 0 Å². The third-order valence-electron chi connectivity index (χ3n) is 6.22. The Bertz CT molecular complexity index is 1320. The Hall–Kier alpha value is -3.87. The van der Waals surface area contributed by atoms with E-state index in [1.54, 1.807) is 14.2 Å². The molecule has 1 aliphatic rings. The van der Waals surface area contributed by atoms with E-state index in [1.165, 1.54) is 0 Å². The first-order valence-electron chi connectivity index (χ1n) is 11.0. The summed E-state index contributed by atoms with van der Waals surface area (Å²) in [6, 6.07) is 17.4. The van der Waals surface area contributed by atoms with Gasteiger partial charge in [-0.1, -0.05) is 41.6 Å². The van der Waals surface area contributed by atoms with Crippen LogP contribution in [0.1, 0.15) is 40.5 Å². The average Bonchev–Trinajstić information content (AvgIpc) is 3.50. The topological polar surface area (TPSA) is 77.7 Å². The van der Waals surface area contributed by atoms with Gasteiger partial charge in [0.1, 0.15) is 0 Å². The Kier molecular flexibility index (Phi) is 5.46. The normalized spacial score (nSPS) is 15.7. The Morgan fingerprint density at radius 2 is 1.85 bits per heavy atom. The molecule has 0 saturated carbocycles. The fraction of sp³-hybridized carbons (Fsp3) is 0.269.